The van der Waals surface area contributed by atoms with Gasteiger partial charge in [-0.25, -0.2) is 10.3 Å². The molecule has 0 saturated heterocycles. The third-order valence-electron chi connectivity index (χ3n) is 5.85. The zero-order chi connectivity index (χ0) is 30.7. The number of aliphatic carboxylic acids is 1. The third kappa shape index (κ3) is 13.5. The normalized spacial score (nSPS) is 14.6. The van der Waals surface area contributed by atoms with Crippen molar-refractivity contribution in [1.82, 2.24) is 15.9 Å². The van der Waals surface area contributed by atoms with E-state index in [1.165, 1.54) is 0 Å². The number of carboxylic acid groups (broad SMARTS) is 1. The summed E-state index contributed by atoms with van der Waals surface area (Å²) in [5, 5.41) is 20.2. The van der Waals surface area contributed by atoms with Crippen LogP contribution in [-0.2, 0) is 23.9 Å². The molecule has 232 valence electrons. The van der Waals surface area contributed by atoms with E-state index in [1.54, 1.807) is 32.3 Å². The molecule has 6 N–H and O–H groups in total. The second-order valence-corrected chi connectivity index (χ2v) is 11.8. The van der Waals surface area contributed by atoms with Crippen molar-refractivity contribution in [3.05, 3.63) is 42.0 Å². The molecule has 0 aliphatic carbocycles. The lowest BCUT2D eigenvalue weighted by Crippen LogP contribution is -2.59. The minimum Gasteiger partial charge on any atom is -0.478 e. The Morgan fingerprint density at radius 2 is 1.59 bits per heavy atom. The van der Waals surface area contributed by atoms with Gasteiger partial charge in [0, 0.05) is 6.54 Å². The fraction of sp³-hybridized carbons (Fsp3) is 0.586. The molecule has 11 nitrogen and oxygen atoms in total. The number of nitrogens with zero attached hydrogens (tertiary/aromatic N) is 1. The Balaban J connectivity index is 0.0000160. The Morgan fingerprint density at radius 1 is 1.00 bits per heavy atom. The number of hydrogen-bond acceptors (Lipinski definition) is 7. The molecule has 0 spiro atoms. The highest BCUT2D eigenvalue weighted by atomic mass is 35.5. The number of allylic oxidation sites excluding steroid dienone is 1. The fourth-order valence-corrected chi connectivity index (χ4v) is 4.23. The van der Waals surface area contributed by atoms with E-state index in [9.17, 15) is 29.5 Å². The molecular weight excluding hydrogens is 552 g/mol. The summed E-state index contributed by atoms with van der Waals surface area (Å²) in [5.74, 6) is -5.58. The number of hydrogen-bond donors (Lipinski definition) is 5. The lowest BCUT2D eigenvalue weighted by Gasteiger charge is -2.35. The van der Waals surface area contributed by atoms with Gasteiger partial charge in [-0.05, 0) is 51.0 Å². The second-order valence-electron chi connectivity index (χ2n) is 11.8. The lowest BCUT2D eigenvalue weighted by molar-refractivity contribution is -0.189. The number of hydrazine groups is 1. The molecule has 1 rings (SSSR count). The molecule has 0 aromatic heterocycles. The van der Waals surface area contributed by atoms with Gasteiger partial charge in [0.25, 0.3) is 0 Å². The first kappa shape index (κ1) is 38.0. The van der Waals surface area contributed by atoms with Gasteiger partial charge in [-0.2, -0.15) is 0 Å². The molecule has 1 aromatic carbocycles. The molecule has 3 amide bonds. The minimum atomic E-state index is -2.33. The first-order valence-electron chi connectivity index (χ1n) is 13.5. The van der Waals surface area contributed by atoms with Crippen LogP contribution in [0.25, 0.3) is 6.08 Å². The Hall–Kier alpha value is -2.99. The van der Waals surface area contributed by atoms with Gasteiger partial charge >= 0.3 is 5.97 Å². The fourth-order valence-electron chi connectivity index (χ4n) is 4.23. The van der Waals surface area contributed by atoms with E-state index in [-0.39, 0.29) is 43.6 Å². The SMILES string of the molecule is CC(C)C[C@@H](C(=O)NN(CC(C)C)C(=O)C[C@](N)(OC(C)(C)C)C(=O)O)[C@H](C/C=C/c1ccccc1)C(=O)NO.Cl. The topological polar surface area (TPSA) is 171 Å². The molecule has 0 heterocycles. The maximum Gasteiger partial charge on any atom is 0.351 e. The smallest absolute Gasteiger partial charge is 0.351 e. The molecule has 1 aromatic rings. The number of ether oxygens (including phenoxy) is 1. The summed E-state index contributed by atoms with van der Waals surface area (Å²) in [5.41, 5.74) is 7.88. The summed E-state index contributed by atoms with van der Waals surface area (Å²) in [4.78, 5) is 51.6. The number of nitrogens with two attached hydrogens (primary N) is 1. The molecule has 0 saturated carbocycles. The van der Waals surface area contributed by atoms with Crippen molar-refractivity contribution in [1.29, 1.82) is 0 Å². The average molecular weight is 599 g/mol. The molecule has 0 unspecified atom stereocenters. The van der Waals surface area contributed by atoms with Crippen LogP contribution in [0.4, 0.5) is 0 Å². The summed E-state index contributed by atoms with van der Waals surface area (Å²) in [6.45, 7) is 12.4. The highest BCUT2D eigenvalue weighted by molar-refractivity contribution is 5.90. The van der Waals surface area contributed by atoms with Crippen LogP contribution in [0.2, 0.25) is 0 Å². The lowest BCUT2D eigenvalue weighted by atomic mass is 9.82. The summed E-state index contributed by atoms with van der Waals surface area (Å²) < 4.78 is 5.51. The van der Waals surface area contributed by atoms with Gasteiger partial charge in [0.1, 0.15) is 0 Å². The van der Waals surface area contributed by atoms with E-state index < -0.39 is 53.3 Å². The minimum absolute atomic E-state index is 0. The van der Waals surface area contributed by atoms with E-state index in [4.69, 9.17) is 10.5 Å². The van der Waals surface area contributed by atoms with E-state index in [0.29, 0.717) is 0 Å². The Labute approximate surface area is 249 Å². The molecule has 12 heteroatoms. The van der Waals surface area contributed by atoms with E-state index in [1.807, 2.05) is 64.1 Å². The van der Waals surface area contributed by atoms with Crippen LogP contribution in [-0.4, -0.2) is 56.9 Å². The van der Waals surface area contributed by atoms with E-state index >= 15 is 0 Å². The quantitative estimate of drug-likeness (QED) is 0.122. The van der Waals surface area contributed by atoms with E-state index in [2.05, 4.69) is 5.43 Å². The van der Waals surface area contributed by atoms with Gasteiger partial charge in [-0.3, -0.25) is 35.8 Å². The summed E-state index contributed by atoms with van der Waals surface area (Å²) in [6, 6.07) is 9.42. The summed E-state index contributed by atoms with van der Waals surface area (Å²) >= 11 is 0. The largest absolute Gasteiger partial charge is 0.478 e. The first-order valence-corrected chi connectivity index (χ1v) is 13.5. The summed E-state index contributed by atoms with van der Waals surface area (Å²) in [6.07, 6.45) is 3.27. The highest BCUT2D eigenvalue weighted by Crippen LogP contribution is 2.26. The zero-order valence-electron chi connectivity index (χ0n) is 25.0. The number of hydroxylamine groups is 1. The van der Waals surface area contributed by atoms with Crippen LogP contribution >= 0.6 is 12.4 Å². The molecule has 3 atom stereocenters. The monoisotopic (exact) mass is 598 g/mol. The van der Waals surface area contributed by atoms with Crippen molar-refractivity contribution in [3.63, 3.8) is 0 Å². The predicted octanol–water partition coefficient (Wildman–Crippen LogP) is 3.76. The van der Waals surface area contributed by atoms with Gasteiger partial charge < -0.3 is 9.84 Å². The van der Waals surface area contributed by atoms with Crippen LogP contribution in [0.5, 0.6) is 0 Å². The van der Waals surface area contributed by atoms with Crippen molar-refractivity contribution >= 4 is 42.2 Å². The number of benzene rings is 1. The molecular formula is C29H47ClN4O7. The molecule has 0 aliphatic heterocycles. The van der Waals surface area contributed by atoms with Crippen molar-refractivity contribution in [2.45, 2.75) is 79.1 Å². The average Bonchev–Trinajstić information content (AvgIpc) is 2.83. The maximum atomic E-state index is 13.6. The maximum absolute atomic E-state index is 13.6. The molecule has 0 fully saturated rings. The molecule has 41 heavy (non-hydrogen) atoms. The summed E-state index contributed by atoms with van der Waals surface area (Å²) in [7, 11) is 0. The number of carboxylic acids is 1. The Kier molecular flexibility index (Phi) is 15.8. The number of halogens is 1. The van der Waals surface area contributed by atoms with Crippen LogP contribution in [0, 0.1) is 23.7 Å². The van der Waals surface area contributed by atoms with Crippen LogP contribution < -0.4 is 16.6 Å². The third-order valence-corrected chi connectivity index (χ3v) is 5.85. The molecule has 0 bridgehead atoms. The number of carbonyl (C=O) groups is 4. The van der Waals surface area contributed by atoms with Gasteiger partial charge in [-0.1, -0.05) is 70.2 Å². The van der Waals surface area contributed by atoms with Crippen LogP contribution in [0.3, 0.4) is 0 Å². The van der Waals surface area contributed by atoms with Crippen LogP contribution in [0.1, 0.15) is 73.3 Å². The first-order chi connectivity index (χ1) is 18.5. The number of rotatable bonds is 14. The van der Waals surface area contributed by atoms with Gasteiger partial charge in [0.2, 0.25) is 23.4 Å². The second kappa shape index (κ2) is 17.1. The number of carbonyl (C=O) groups excluding carboxylic acids is 3. The Morgan fingerprint density at radius 3 is 2.05 bits per heavy atom. The van der Waals surface area contributed by atoms with E-state index in [0.717, 1.165) is 10.6 Å². The Bertz CT molecular complexity index is 1030. The van der Waals surface area contributed by atoms with Crippen molar-refractivity contribution in [2.24, 2.45) is 29.4 Å². The van der Waals surface area contributed by atoms with Gasteiger partial charge in [-0.15, -0.1) is 12.4 Å². The zero-order valence-corrected chi connectivity index (χ0v) is 25.9. The molecule has 0 aliphatic rings. The highest BCUT2D eigenvalue weighted by Gasteiger charge is 2.43. The molecule has 0 radical (unpaired) electrons. The standard InChI is InChI=1S/C29H46N4O7.ClH/c1-19(2)16-23(22(26(36)32-39)15-11-14-21-12-9-8-10-13-21)25(35)31-33(18-20(3)4)24(34)17-29(30,27(37)38)40-28(5,6)7;/h8-14,19-20,22-23,39H,15-18,30H2,1-7H3,(H,31,35)(H,32,36)(H,37,38);1H/b14-11+;/t22-,23+,29-;/m0./s1. The van der Waals surface area contributed by atoms with Gasteiger partial charge in [0.05, 0.1) is 23.9 Å². The van der Waals surface area contributed by atoms with Crippen molar-refractivity contribution in [3.8, 4) is 0 Å². The van der Waals surface area contributed by atoms with Crippen LogP contribution in [0.15, 0.2) is 36.4 Å². The van der Waals surface area contributed by atoms with Crippen molar-refractivity contribution in [2.75, 3.05) is 6.54 Å². The predicted molar refractivity (Wildman–Crippen MR) is 158 cm³/mol. The van der Waals surface area contributed by atoms with Crippen molar-refractivity contribution < 1.29 is 34.2 Å². The van der Waals surface area contributed by atoms with Gasteiger partial charge in [0.15, 0.2) is 0 Å². The number of amides is 3. The number of nitrogens with one attached hydrogen (secondary N) is 2.